The summed E-state index contributed by atoms with van der Waals surface area (Å²) in [5.74, 6) is 0.933. The maximum atomic E-state index is 5.76. The number of rotatable bonds is 6. The molecule has 1 N–H and O–H groups in total. The number of anilines is 1. The predicted octanol–water partition coefficient (Wildman–Crippen LogP) is 5.05. The number of pyridine rings is 1. The Kier molecular flexibility index (Phi) is 5.16. The third-order valence-electron chi connectivity index (χ3n) is 6.10. The number of aryl methyl sites for hydroxylation is 2. The van der Waals surface area contributed by atoms with Crippen LogP contribution in [0.3, 0.4) is 0 Å². The van der Waals surface area contributed by atoms with E-state index in [-0.39, 0.29) is 0 Å². The maximum Gasteiger partial charge on any atom is 0.147 e. The van der Waals surface area contributed by atoms with Crippen LogP contribution in [0.4, 0.5) is 5.82 Å². The van der Waals surface area contributed by atoms with Crippen molar-refractivity contribution < 1.29 is 4.74 Å². The van der Waals surface area contributed by atoms with Gasteiger partial charge < -0.3 is 10.1 Å². The maximum absolute atomic E-state index is 5.76. The molecule has 2 aliphatic rings. The fourth-order valence-corrected chi connectivity index (χ4v) is 5.77. The molecule has 0 spiro atoms. The molecule has 0 bridgehead atoms. The van der Waals surface area contributed by atoms with Crippen LogP contribution in [0.15, 0.2) is 6.33 Å². The van der Waals surface area contributed by atoms with Gasteiger partial charge in [-0.3, -0.25) is 0 Å². The number of ether oxygens (including phenoxy) is 1. The number of hydrogen-bond acceptors (Lipinski definition) is 6. The Labute approximate surface area is 169 Å². The molecular formula is C22H28N4OS. The molecule has 6 heteroatoms. The molecule has 1 aliphatic carbocycles. The predicted molar refractivity (Wildman–Crippen MR) is 115 cm³/mol. The van der Waals surface area contributed by atoms with Crippen LogP contribution in [0.5, 0.6) is 0 Å². The lowest BCUT2D eigenvalue weighted by Crippen LogP contribution is -2.18. The second-order valence-corrected chi connectivity index (χ2v) is 9.02. The fraction of sp³-hybridized carbons (Fsp3) is 0.591. The molecule has 0 amide bonds. The van der Waals surface area contributed by atoms with Crippen molar-refractivity contribution in [1.82, 2.24) is 15.0 Å². The van der Waals surface area contributed by atoms with E-state index in [1.54, 1.807) is 17.7 Å². The summed E-state index contributed by atoms with van der Waals surface area (Å²) in [7, 11) is 0. The van der Waals surface area contributed by atoms with E-state index in [9.17, 15) is 0 Å². The molecule has 3 aromatic rings. The minimum Gasteiger partial charge on any atom is -0.376 e. The van der Waals surface area contributed by atoms with E-state index in [4.69, 9.17) is 14.7 Å². The third kappa shape index (κ3) is 3.26. The van der Waals surface area contributed by atoms with Crippen LogP contribution in [-0.2, 0) is 24.0 Å². The van der Waals surface area contributed by atoms with Crippen LogP contribution >= 0.6 is 11.3 Å². The number of unbranched alkanes of at least 4 members (excludes halogenated alkanes) is 1. The summed E-state index contributed by atoms with van der Waals surface area (Å²) in [6, 6.07) is 0. The second-order valence-electron chi connectivity index (χ2n) is 8.02. The standard InChI is InChI=1S/C22H28N4OS/c1-2-3-10-17-15-8-4-5-9-16(15)18-19-20(28-22(18)26-17)21(25-13-24-19)23-12-14-7-6-11-27-14/h13-14H,2-12H2,1H3,(H,23,24,25)/t14-/m1/s1. The fourth-order valence-electron chi connectivity index (χ4n) is 4.63. The molecule has 3 aromatic heterocycles. The molecule has 148 valence electrons. The first kappa shape index (κ1) is 18.3. The van der Waals surface area contributed by atoms with Crippen LogP contribution in [0.2, 0.25) is 0 Å². The van der Waals surface area contributed by atoms with E-state index in [0.717, 1.165) is 59.7 Å². The molecule has 5 nitrogen and oxygen atoms in total. The minimum atomic E-state index is 0.297. The molecule has 1 aliphatic heterocycles. The van der Waals surface area contributed by atoms with E-state index in [2.05, 4.69) is 17.2 Å². The molecule has 0 saturated carbocycles. The topological polar surface area (TPSA) is 59.9 Å². The highest BCUT2D eigenvalue weighted by molar-refractivity contribution is 7.26. The Morgan fingerprint density at radius 1 is 1.18 bits per heavy atom. The van der Waals surface area contributed by atoms with E-state index < -0.39 is 0 Å². The van der Waals surface area contributed by atoms with Crippen molar-refractivity contribution in [2.75, 3.05) is 18.5 Å². The molecule has 0 unspecified atom stereocenters. The lowest BCUT2D eigenvalue weighted by Gasteiger charge is -2.20. The Balaban J connectivity index is 1.59. The highest BCUT2D eigenvalue weighted by Gasteiger charge is 2.23. The lowest BCUT2D eigenvalue weighted by molar-refractivity contribution is 0.120. The summed E-state index contributed by atoms with van der Waals surface area (Å²) in [5, 5.41) is 4.82. The normalized spacial score (nSPS) is 19.4. The molecule has 1 fully saturated rings. The van der Waals surface area contributed by atoms with Crippen molar-refractivity contribution in [3.63, 3.8) is 0 Å². The first-order chi connectivity index (χ1) is 13.8. The van der Waals surface area contributed by atoms with Gasteiger partial charge in [0.15, 0.2) is 0 Å². The smallest absolute Gasteiger partial charge is 0.147 e. The first-order valence-electron chi connectivity index (χ1n) is 10.8. The monoisotopic (exact) mass is 396 g/mol. The summed E-state index contributed by atoms with van der Waals surface area (Å²) >= 11 is 1.75. The largest absolute Gasteiger partial charge is 0.376 e. The van der Waals surface area contributed by atoms with Crippen LogP contribution in [-0.4, -0.2) is 34.2 Å². The summed E-state index contributed by atoms with van der Waals surface area (Å²) in [6.45, 7) is 3.95. The minimum absolute atomic E-state index is 0.297. The highest BCUT2D eigenvalue weighted by atomic mass is 32.1. The van der Waals surface area contributed by atoms with Gasteiger partial charge in [0.1, 0.15) is 17.0 Å². The van der Waals surface area contributed by atoms with Gasteiger partial charge in [0.25, 0.3) is 0 Å². The van der Waals surface area contributed by atoms with Crippen LogP contribution < -0.4 is 5.32 Å². The van der Waals surface area contributed by atoms with Crippen molar-refractivity contribution in [2.24, 2.45) is 0 Å². The molecular weight excluding hydrogens is 368 g/mol. The molecule has 1 saturated heterocycles. The van der Waals surface area contributed by atoms with Crippen molar-refractivity contribution in [3.05, 3.63) is 23.1 Å². The van der Waals surface area contributed by atoms with Gasteiger partial charge in [-0.2, -0.15) is 0 Å². The molecule has 5 rings (SSSR count). The van der Waals surface area contributed by atoms with Gasteiger partial charge in [-0.15, -0.1) is 11.3 Å². The summed E-state index contributed by atoms with van der Waals surface area (Å²) in [4.78, 5) is 15.5. The Morgan fingerprint density at radius 2 is 2.07 bits per heavy atom. The Bertz CT molecular complexity index is 993. The van der Waals surface area contributed by atoms with E-state index in [0.29, 0.717) is 6.10 Å². The number of fused-ring (bicyclic) bond motifs is 5. The lowest BCUT2D eigenvalue weighted by atomic mass is 9.87. The first-order valence-corrected chi connectivity index (χ1v) is 11.6. The highest BCUT2D eigenvalue weighted by Crippen LogP contribution is 2.41. The van der Waals surface area contributed by atoms with E-state index in [1.165, 1.54) is 54.3 Å². The van der Waals surface area contributed by atoms with E-state index >= 15 is 0 Å². The Morgan fingerprint density at radius 3 is 2.89 bits per heavy atom. The van der Waals surface area contributed by atoms with Crippen molar-refractivity contribution >= 4 is 37.6 Å². The van der Waals surface area contributed by atoms with Gasteiger partial charge >= 0.3 is 0 Å². The molecule has 0 radical (unpaired) electrons. The summed E-state index contributed by atoms with van der Waals surface area (Å²) in [5.41, 5.74) is 5.44. The average Bonchev–Trinajstić information content (AvgIpc) is 3.38. The number of aromatic nitrogens is 3. The number of nitrogens with one attached hydrogen (secondary N) is 1. The molecule has 0 aromatic carbocycles. The molecule has 4 heterocycles. The number of thiophene rings is 1. The summed E-state index contributed by atoms with van der Waals surface area (Å²) < 4.78 is 6.90. The zero-order valence-corrected chi connectivity index (χ0v) is 17.4. The van der Waals surface area contributed by atoms with Crippen LogP contribution in [0.1, 0.15) is 62.3 Å². The van der Waals surface area contributed by atoms with E-state index in [1.807, 2.05) is 0 Å². The summed E-state index contributed by atoms with van der Waals surface area (Å²) in [6.07, 6.45) is 12.7. The molecule has 28 heavy (non-hydrogen) atoms. The average molecular weight is 397 g/mol. The van der Waals surface area contributed by atoms with Crippen molar-refractivity contribution in [1.29, 1.82) is 0 Å². The van der Waals surface area contributed by atoms with Gasteiger partial charge in [0.05, 0.1) is 16.3 Å². The third-order valence-corrected chi connectivity index (χ3v) is 7.18. The molecule has 1 atom stereocenters. The van der Waals surface area contributed by atoms with Gasteiger partial charge in [-0.1, -0.05) is 13.3 Å². The zero-order valence-electron chi connectivity index (χ0n) is 16.6. The number of hydrogen-bond donors (Lipinski definition) is 1. The number of nitrogens with zero attached hydrogens (tertiary/aromatic N) is 3. The van der Waals surface area contributed by atoms with Crippen LogP contribution in [0.25, 0.3) is 20.4 Å². The van der Waals surface area contributed by atoms with Gasteiger partial charge in [0, 0.05) is 24.2 Å². The quantitative estimate of drug-likeness (QED) is 0.632. The zero-order chi connectivity index (χ0) is 18.9. The van der Waals surface area contributed by atoms with Crippen molar-refractivity contribution in [3.8, 4) is 0 Å². The van der Waals surface area contributed by atoms with Gasteiger partial charge in [-0.05, 0) is 62.5 Å². The van der Waals surface area contributed by atoms with Gasteiger partial charge in [-0.25, -0.2) is 15.0 Å². The Hall–Kier alpha value is -1.79. The second kappa shape index (κ2) is 7.91. The van der Waals surface area contributed by atoms with Gasteiger partial charge in [0.2, 0.25) is 0 Å². The van der Waals surface area contributed by atoms with Crippen molar-refractivity contribution in [2.45, 2.75) is 70.8 Å². The van der Waals surface area contributed by atoms with Crippen LogP contribution in [0, 0.1) is 0 Å². The SMILES string of the molecule is CCCCc1nc2sc3c(NC[C@H]4CCCO4)ncnc3c2c2c1CCCC2.